The summed E-state index contributed by atoms with van der Waals surface area (Å²) in [4.78, 5) is 2.36. The van der Waals surface area contributed by atoms with Crippen molar-refractivity contribution in [3.63, 3.8) is 0 Å². The summed E-state index contributed by atoms with van der Waals surface area (Å²) < 4.78 is 3.05. The fourth-order valence-electron chi connectivity index (χ4n) is 3.70. The van der Waals surface area contributed by atoms with Crippen LogP contribution in [-0.4, -0.2) is 0 Å². The lowest BCUT2D eigenvalue weighted by atomic mass is 9.84. The molecule has 0 saturated heterocycles. The van der Waals surface area contributed by atoms with E-state index in [1.165, 1.54) is 27.9 Å². The third-order valence-corrected chi connectivity index (χ3v) is 8.58. The van der Waals surface area contributed by atoms with E-state index in [4.69, 9.17) is 0 Å². The first kappa shape index (κ1) is 23.6. The Labute approximate surface area is 206 Å². The van der Waals surface area contributed by atoms with Crippen molar-refractivity contribution in [3.05, 3.63) is 84.2 Å². The van der Waals surface area contributed by atoms with Crippen LogP contribution in [0.1, 0.15) is 49.9 Å². The van der Waals surface area contributed by atoms with Gasteiger partial charge in [0.2, 0.25) is 0 Å². The molecule has 30 heavy (non-hydrogen) atoms. The normalized spacial score (nSPS) is 11.6. The van der Waals surface area contributed by atoms with Crippen LogP contribution in [0.15, 0.2) is 61.9 Å². The second-order valence-corrected chi connectivity index (χ2v) is 11.3. The highest BCUT2D eigenvalue weighted by atomic mass is 79.9. The van der Waals surface area contributed by atoms with Gasteiger partial charge in [-0.3, -0.25) is 0 Å². The highest BCUT2D eigenvalue weighted by Crippen LogP contribution is 2.44. The second kappa shape index (κ2) is 9.18. The first-order valence-electron chi connectivity index (χ1n) is 10.2. The molecule has 1 nitrogen and oxygen atoms in total. The van der Waals surface area contributed by atoms with Gasteiger partial charge in [0.15, 0.2) is 0 Å². The van der Waals surface area contributed by atoms with Crippen LogP contribution in [0.4, 0.5) is 17.1 Å². The van der Waals surface area contributed by atoms with Crippen molar-refractivity contribution in [2.45, 2.75) is 53.4 Å². The molecule has 0 atom stereocenters. The largest absolute Gasteiger partial charge is 0.310 e. The van der Waals surface area contributed by atoms with Crippen molar-refractivity contribution in [1.82, 2.24) is 0 Å². The molecule has 0 heterocycles. The van der Waals surface area contributed by atoms with Crippen LogP contribution in [0.5, 0.6) is 0 Å². The van der Waals surface area contributed by atoms with Gasteiger partial charge in [-0.1, -0.05) is 52.0 Å². The number of anilines is 3. The Morgan fingerprint density at radius 3 is 1.70 bits per heavy atom. The van der Waals surface area contributed by atoms with Gasteiger partial charge in [-0.25, -0.2) is 0 Å². The first-order valence-corrected chi connectivity index (χ1v) is 12.6. The smallest absolute Gasteiger partial charge is 0.0520 e. The van der Waals surface area contributed by atoms with E-state index >= 15 is 0 Å². The molecule has 0 N–H and O–H groups in total. The molecule has 0 fully saturated rings. The van der Waals surface area contributed by atoms with Gasteiger partial charge in [0, 0.05) is 24.8 Å². The molecular formula is C26H28Br3N. The molecule has 0 spiro atoms. The van der Waals surface area contributed by atoms with Gasteiger partial charge in [0.05, 0.1) is 5.69 Å². The molecule has 0 aliphatic rings. The zero-order valence-electron chi connectivity index (χ0n) is 18.4. The third-order valence-electron chi connectivity index (χ3n) is 5.41. The predicted molar refractivity (Wildman–Crippen MR) is 142 cm³/mol. The summed E-state index contributed by atoms with van der Waals surface area (Å²) in [6.07, 6.45) is 1.04. The van der Waals surface area contributed by atoms with Crippen LogP contribution in [0, 0.1) is 13.8 Å². The second-order valence-electron chi connectivity index (χ2n) is 8.79. The number of aryl methyl sites for hydroxylation is 3. The maximum atomic E-state index is 3.70. The van der Waals surface area contributed by atoms with Crippen LogP contribution in [0.2, 0.25) is 0 Å². The van der Waals surface area contributed by atoms with Crippen LogP contribution in [0.3, 0.4) is 0 Å². The number of halogens is 3. The highest BCUT2D eigenvalue weighted by Gasteiger charge is 2.22. The fraction of sp³-hybridized carbons (Fsp3) is 0.308. The lowest BCUT2D eigenvalue weighted by molar-refractivity contribution is 0.589. The number of benzene rings is 3. The Kier molecular flexibility index (Phi) is 7.21. The van der Waals surface area contributed by atoms with Crippen LogP contribution in [0.25, 0.3) is 0 Å². The average molecular weight is 594 g/mol. The minimum atomic E-state index is 0.116. The molecule has 3 rings (SSSR count). The van der Waals surface area contributed by atoms with E-state index < -0.39 is 0 Å². The first-order chi connectivity index (χ1) is 14.0. The average Bonchev–Trinajstić information content (AvgIpc) is 2.68. The van der Waals surface area contributed by atoms with E-state index in [1.807, 2.05) is 0 Å². The van der Waals surface area contributed by atoms with Gasteiger partial charge in [-0.2, -0.15) is 0 Å². The number of hydrogen-bond donors (Lipinski definition) is 0. The Morgan fingerprint density at radius 2 is 1.27 bits per heavy atom. The molecule has 4 heteroatoms. The maximum absolute atomic E-state index is 3.70. The molecule has 0 amide bonds. The minimum absolute atomic E-state index is 0.116. The van der Waals surface area contributed by atoms with Gasteiger partial charge in [-0.15, -0.1) is 0 Å². The van der Waals surface area contributed by atoms with Crippen LogP contribution in [-0.2, 0) is 11.8 Å². The molecule has 3 aromatic rings. The minimum Gasteiger partial charge on any atom is -0.310 e. The zero-order chi connectivity index (χ0) is 22.2. The number of nitrogens with zero attached hydrogens (tertiary/aromatic N) is 1. The van der Waals surface area contributed by atoms with E-state index in [1.54, 1.807) is 0 Å². The lowest BCUT2D eigenvalue weighted by Gasteiger charge is -2.31. The Morgan fingerprint density at radius 1 is 0.767 bits per heavy atom. The van der Waals surface area contributed by atoms with Crippen LogP contribution < -0.4 is 4.90 Å². The molecule has 0 aromatic heterocycles. The predicted octanol–water partition coefficient (Wildman–Crippen LogP) is 9.92. The summed E-state index contributed by atoms with van der Waals surface area (Å²) in [5, 5.41) is 0. The number of hydrogen-bond acceptors (Lipinski definition) is 1. The van der Waals surface area contributed by atoms with Crippen molar-refractivity contribution in [2.75, 3.05) is 4.90 Å². The Bertz CT molecular complexity index is 1020. The topological polar surface area (TPSA) is 3.24 Å². The summed E-state index contributed by atoms with van der Waals surface area (Å²) in [7, 11) is 0. The molecule has 0 radical (unpaired) electrons. The summed E-state index contributed by atoms with van der Waals surface area (Å²) in [5.74, 6) is 0. The van der Waals surface area contributed by atoms with Gasteiger partial charge in [0.25, 0.3) is 0 Å². The number of rotatable bonds is 4. The van der Waals surface area contributed by atoms with Crippen molar-refractivity contribution in [3.8, 4) is 0 Å². The molecule has 158 valence electrons. The van der Waals surface area contributed by atoms with Crippen molar-refractivity contribution in [1.29, 1.82) is 0 Å². The Hall–Kier alpha value is -1.10. The standard InChI is InChI=1S/C26H28Br3N/c1-7-18-8-10-20(11-9-18)30(21-14-22(27)24(29)23(28)15-21)25-16(2)12-19(13-17(25)3)26(4,5)6/h8-15H,7H2,1-6H3. The monoisotopic (exact) mass is 591 g/mol. The molecular weight excluding hydrogens is 566 g/mol. The SMILES string of the molecule is CCc1ccc(N(c2cc(Br)c(Br)c(Br)c2)c2c(C)cc(C(C)(C)C)cc2C)cc1. The van der Waals surface area contributed by atoms with E-state index in [-0.39, 0.29) is 5.41 Å². The van der Waals surface area contributed by atoms with E-state index in [2.05, 4.69) is 143 Å². The maximum Gasteiger partial charge on any atom is 0.0520 e. The molecule has 0 aliphatic heterocycles. The van der Waals surface area contributed by atoms with E-state index in [0.717, 1.165) is 31.2 Å². The van der Waals surface area contributed by atoms with E-state index in [0.29, 0.717) is 0 Å². The quantitative estimate of drug-likeness (QED) is 0.272. The molecule has 0 aliphatic carbocycles. The van der Waals surface area contributed by atoms with E-state index in [9.17, 15) is 0 Å². The zero-order valence-corrected chi connectivity index (χ0v) is 23.2. The summed E-state index contributed by atoms with van der Waals surface area (Å²) in [5.41, 5.74) is 8.86. The molecule has 0 unspecified atom stereocenters. The van der Waals surface area contributed by atoms with Gasteiger partial charge in [-0.05, 0) is 120 Å². The van der Waals surface area contributed by atoms with Gasteiger partial charge < -0.3 is 4.90 Å². The molecule has 0 bridgehead atoms. The van der Waals surface area contributed by atoms with Gasteiger partial charge in [0.1, 0.15) is 0 Å². The summed E-state index contributed by atoms with van der Waals surface area (Å²) >= 11 is 11.1. The fourth-order valence-corrected chi connectivity index (χ4v) is 5.09. The van der Waals surface area contributed by atoms with Crippen molar-refractivity contribution >= 4 is 64.9 Å². The highest BCUT2D eigenvalue weighted by molar-refractivity contribution is 9.14. The van der Waals surface area contributed by atoms with Crippen LogP contribution >= 0.6 is 47.8 Å². The van der Waals surface area contributed by atoms with Crippen molar-refractivity contribution < 1.29 is 0 Å². The molecule has 0 saturated carbocycles. The third kappa shape index (κ3) is 4.87. The van der Waals surface area contributed by atoms with Crippen molar-refractivity contribution in [2.24, 2.45) is 0 Å². The van der Waals surface area contributed by atoms with Gasteiger partial charge >= 0.3 is 0 Å². The Balaban J connectivity index is 2.27. The lowest BCUT2D eigenvalue weighted by Crippen LogP contribution is -2.16. The summed E-state index contributed by atoms with van der Waals surface area (Å²) in [6.45, 7) is 13.4. The summed E-state index contributed by atoms with van der Waals surface area (Å²) in [6, 6.07) is 17.9. The molecule has 3 aromatic carbocycles.